The molecule has 0 bridgehead atoms. The lowest BCUT2D eigenvalue weighted by atomic mass is 10.1. The fourth-order valence-corrected chi connectivity index (χ4v) is 1.98. The molecule has 0 saturated heterocycles. The minimum atomic E-state index is -0.824. The first-order chi connectivity index (χ1) is 10.1. The third kappa shape index (κ3) is 5.85. The zero-order valence-electron chi connectivity index (χ0n) is 12.7. The Hall–Kier alpha value is -2.04. The molecule has 0 spiro atoms. The lowest BCUT2D eigenvalue weighted by molar-refractivity contribution is -0.136. The van der Waals surface area contributed by atoms with Gasteiger partial charge in [-0.3, -0.25) is 4.79 Å². The number of benzene rings is 1. The number of carbonyl (C=O) groups excluding carboxylic acids is 1. The first kappa shape index (κ1) is 17.0. The molecule has 0 fully saturated rings. The second-order valence-electron chi connectivity index (χ2n) is 4.82. The smallest absolute Gasteiger partial charge is 0.338 e. The summed E-state index contributed by atoms with van der Waals surface area (Å²) in [5.41, 5.74) is 1.35. The summed E-state index contributed by atoms with van der Waals surface area (Å²) < 4.78 is 5.12. The van der Waals surface area contributed by atoms with Crippen molar-refractivity contribution in [2.75, 3.05) is 24.6 Å². The van der Waals surface area contributed by atoms with E-state index in [2.05, 4.69) is 0 Å². The van der Waals surface area contributed by atoms with Crippen molar-refractivity contribution >= 4 is 17.6 Å². The van der Waals surface area contributed by atoms with E-state index in [-0.39, 0.29) is 12.4 Å². The molecule has 0 aromatic heterocycles. The van der Waals surface area contributed by atoms with Crippen molar-refractivity contribution in [3.8, 4) is 0 Å². The van der Waals surface area contributed by atoms with E-state index in [9.17, 15) is 9.59 Å². The van der Waals surface area contributed by atoms with Gasteiger partial charge in [-0.1, -0.05) is 19.9 Å². The van der Waals surface area contributed by atoms with Crippen LogP contribution in [0.2, 0.25) is 0 Å². The lowest BCUT2D eigenvalue weighted by Gasteiger charge is -2.24. The highest BCUT2D eigenvalue weighted by molar-refractivity contribution is 5.90. The lowest BCUT2D eigenvalue weighted by Crippen LogP contribution is -2.27. The highest BCUT2D eigenvalue weighted by Gasteiger charge is 2.12. The van der Waals surface area contributed by atoms with Crippen LogP contribution in [-0.2, 0) is 9.53 Å². The van der Waals surface area contributed by atoms with Gasteiger partial charge in [0.05, 0.1) is 18.6 Å². The monoisotopic (exact) mass is 293 g/mol. The number of esters is 1. The van der Waals surface area contributed by atoms with Crippen molar-refractivity contribution in [3.05, 3.63) is 29.8 Å². The summed E-state index contributed by atoms with van der Waals surface area (Å²) in [7, 11) is 0. The minimum absolute atomic E-state index is 0.0739. The number of nitrogens with zero attached hydrogens (tertiary/aromatic N) is 1. The summed E-state index contributed by atoms with van der Waals surface area (Å²) in [4.78, 5) is 24.6. The molecule has 0 aliphatic heterocycles. The largest absolute Gasteiger partial charge is 0.481 e. The van der Waals surface area contributed by atoms with Gasteiger partial charge in [-0.15, -0.1) is 0 Å². The van der Waals surface area contributed by atoms with Gasteiger partial charge in [-0.25, -0.2) is 4.79 Å². The number of ether oxygens (including phenoxy) is 1. The first-order valence-electron chi connectivity index (χ1n) is 7.32. The van der Waals surface area contributed by atoms with Gasteiger partial charge in [-0.2, -0.15) is 0 Å². The maximum absolute atomic E-state index is 11.9. The molecule has 116 valence electrons. The Morgan fingerprint density at radius 1 is 1.19 bits per heavy atom. The maximum atomic E-state index is 11.9. The van der Waals surface area contributed by atoms with Gasteiger partial charge in [0.25, 0.3) is 0 Å². The van der Waals surface area contributed by atoms with E-state index in [0.717, 1.165) is 25.1 Å². The zero-order valence-corrected chi connectivity index (χ0v) is 12.7. The third-order valence-electron chi connectivity index (χ3n) is 2.97. The van der Waals surface area contributed by atoms with E-state index in [1.54, 1.807) is 18.2 Å². The molecule has 0 saturated carbocycles. The molecule has 1 N–H and O–H groups in total. The Kier molecular flexibility index (Phi) is 7.29. The van der Waals surface area contributed by atoms with Crippen LogP contribution in [0.25, 0.3) is 0 Å². The molecule has 1 aromatic rings. The topological polar surface area (TPSA) is 66.8 Å². The highest BCUT2D eigenvalue weighted by Crippen LogP contribution is 2.18. The average Bonchev–Trinajstić information content (AvgIpc) is 2.49. The van der Waals surface area contributed by atoms with E-state index in [1.807, 2.05) is 24.8 Å². The van der Waals surface area contributed by atoms with Crippen LogP contribution < -0.4 is 4.90 Å². The fraction of sp³-hybridized carbons (Fsp3) is 0.500. The summed E-state index contributed by atoms with van der Waals surface area (Å²) in [6, 6.07) is 7.15. The van der Waals surface area contributed by atoms with Gasteiger partial charge in [0, 0.05) is 18.8 Å². The van der Waals surface area contributed by atoms with Crippen LogP contribution in [0.4, 0.5) is 5.69 Å². The van der Waals surface area contributed by atoms with E-state index in [0.29, 0.717) is 18.7 Å². The molecule has 5 nitrogen and oxygen atoms in total. The predicted molar refractivity (Wildman–Crippen MR) is 81.8 cm³/mol. The van der Waals surface area contributed by atoms with Gasteiger partial charge in [0.2, 0.25) is 0 Å². The number of carboxylic acids is 1. The van der Waals surface area contributed by atoms with Gasteiger partial charge in [0.1, 0.15) is 0 Å². The molecule has 1 aromatic carbocycles. The van der Waals surface area contributed by atoms with Crippen molar-refractivity contribution in [2.24, 2.45) is 0 Å². The summed E-state index contributed by atoms with van der Waals surface area (Å²) in [6.07, 6.45) is 1.76. The highest BCUT2D eigenvalue weighted by atomic mass is 16.5. The van der Waals surface area contributed by atoms with Crippen molar-refractivity contribution < 1.29 is 19.4 Å². The molecular weight excluding hydrogens is 270 g/mol. The van der Waals surface area contributed by atoms with Crippen molar-refractivity contribution in [1.82, 2.24) is 0 Å². The molecule has 0 heterocycles. The summed E-state index contributed by atoms with van der Waals surface area (Å²) in [6.45, 7) is 5.56. The Morgan fingerprint density at radius 2 is 1.95 bits per heavy atom. The molecule has 0 unspecified atom stereocenters. The first-order valence-corrected chi connectivity index (χ1v) is 7.32. The number of carboxylic acid groups (broad SMARTS) is 1. The van der Waals surface area contributed by atoms with Crippen molar-refractivity contribution in [1.29, 1.82) is 0 Å². The van der Waals surface area contributed by atoms with Crippen LogP contribution >= 0.6 is 0 Å². The Morgan fingerprint density at radius 3 is 2.57 bits per heavy atom. The normalized spacial score (nSPS) is 10.2. The standard InChI is InChI=1S/C16H23NO4/c1-3-9-17(10-8-15(18)19)14-7-5-6-13(12-14)16(20)21-11-4-2/h5-7,12H,3-4,8-11H2,1-2H3,(H,18,19). The Bertz CT molecular complexity index is 473. The molecule has 1 rings (SSSR count). The van der Waals surface area contributed by atoms with E-state index < -0.39 is 5.97 Å². The Balaban J connectivity index is 2.83. The molecular formula is C16H23NO4. The van der Waals surface area contributed by atoms with E-state index in [1.165, 1.54) is 0 Å². The number of hydrogen-bond acceptors (Lipinski definition) is 4. The second kappa shape index (κ2) is 9.00. The number of hydrogen-bond donors (Lipinski definition) is 1. The number of rotatable bonds is 9. The molecule has 0 aliphatic carbocycles. The molecule has 0 radical (unpaired) electrons. The van der Waals surface area contributed by atoms with Crippen LogP contribution in [0.3, 0.4) is 0 Å². The van der Waals surface area contributed by atoms with Crippen LogP contribution in [0.15, 0.2) is 24.3 Å². The van der Waals surface area contributed by atoms with Gasteiger partial charge in [0.15, 0.2) is 0 Å². The number of carbonyl (C=O) groups is 2. The number of aliphatic carboxylic acids is 1. The maximum Gasteiger partial charge on any atom is 0.338 e. The fourth-order valence-electron chi connectivity index (χ4n) is 1.98. The quantitative estimate of drug-likeness (QED) is 0.709. The molecule has 0 amide bonds. The van der Waals surface area contributed by atoms with Gasteiger partial charge >= 0.3 is 11.9 Å². The van der Waals surface area contributed by atoms with Crippen LogP contribution in [0.5, 0.6) is 0 Å². The van der Waals surface area contributed by atoms with Crippen LogP contribution in [0.1, 0.15) is 43.5 Å². The molecule has 0 atom stereocenters. The van der Waals surface area contributed by atoms with Crippen molar-refractivity contribution in [2.45, 2.75) is 33.1 Å². The third-order valence-corrected chi connectivity index (χ3v) is 2.97. The van der Waals surface area contributed by atoms with E-state index in [4.69, 9.17) is 9.84 Å². The summed E-state index contributed by atoms with van der Waals surface area (Å²) in [5.74, 6) is -1.16. The van der Waals surface area contributed by atoms with Crippen molar-refractivity contribution in [3.63, 3.8) is 0 Å². The second-order valence-corrected chi connectivity index (χ2v) is 4.82. The summed E-state index contributed by atoms with van der Waals surface area (Å²) in [5, 5.41) is 8.82. The number of anilines is 1. The van der Waals surface area contributed by atoms with Gasteiger partial charge in [-0.05, 0) is 31.0 Å². The Labute approximate surface area is 125 Å². The van der Waals surface area contributed by atoms with Crippen LogP contribution in [-0.4, -0.2) is 36.7 Å². The minimum Gasteiger partial charge on any atom is -0.481 e. The predicted octanol–water partition coefficient (Wildman–Crippen LogP) is 2.94. The summed E-state index contributed by atoms with van der Waals surface area (Å²) >= 11 is 0. The average molecular weight is 293 g/mol. The molecule has 5 heteroatoms. The van der Waals surface area contributed by atoms with Crippen LogP contribution in [0, 0.1) is 0 Å². The molecule has 21 heavy (non-hydrogen) atoms. The zero-order chi connectivity index (χ0) is 15.7. The molecule has 0 aliphatic rings. The van der Waals surface area contributed by atoms with Gasteiger partial charge < -0.3 is 14.7 Å². The SMILES string of the molecule is CCCOC(=O)c1cccc(N(CCC)CCC(=O)O)c1. The van der Waals surface area contributed by atoms with E-state index >= 15 is 0 Å².